The van der Waals surface area contributed by atoms with Gasteiger partial charge in [-0.2, -0.15) is 0 Å². The minimum absolute atomic E-state index is 0.0693. The van der Waals surface area contributed by atoms with Gasteiger partial charge in [-0.3, -0.25) is 9.59 Å². The lowest BCUT2D eigenvalue weighted by Gasteiger charge is -2.11. The minimum atomic E-state index is -0.486. The van der Waals surface area contributed by atoms with Gasteiger partial charge in [-0.15, -0.1) is 0 Å². The van der Waals surface area contributed by atoms with Gasteiger partial charge in [0.2, 0.25) is 0 Å². The van der Waals surface area contributed by atoms with Crippen LogP contribution in [0, 0.1) is 0 Å². The van der Waals surface area contributed by atoms with Crippen LogP contribution >= 0.6 is 35.0 Å². The quantitative estimate of drug-likeness (QED) is 0.499. The third-order valence-electron chi connectivity index (χ3n) is 3.66. The average Bonchev–Trinajstić information content (AvgIpc) is 2.66. The number of nitrogens with one attached hydrogen (secondary N) is 1. The van der Waals surface area contributed by atoms with Gasteiger partial charge in [-0.05, 0) is 24.0 Å². The number of benzene rings is 1. The Kier molecular flexibility index (Phi) is 6.15. The molecule has 0 aliphatic heterocycles. The monoisotopic (exact) mass is 420 g/mol. The number of halogens is 2. The Labute approximate surface area is 169 Å². The molecule has 0 saturated heterocycles. The summed E-state index contributed by atoms with van der Waals surface area (Å²) in [5.74, 6) is -0.486. The molecule has 1 amide bonds. The van der Waals surface area contributed by atoms with Gasteiger partial charge in [0.25, 0.3) is 11.5 Å². The highest BCUT2D eigenvalue weighted by molar-refractivity contribution is 7.98. The van der Waals surface area contributed by atoms with Crippen molar-refractivity contribution < 1.29 is 4.79 Å². The van der Waals surface area contributed by atoms with Crippen molar-refractivity contribution in [2.45, 2.75) is 11.7 Å². The summed E-state index contributed by atoms with van der Waals surface area (Å²) in [6.45, 7) is 0.285. The van der Waals surface area contributed by atoms with Crippen LogP contribution in [0.1, 0.15) is 16.1 Å². The lowest BCUT2D eigenvalue weighted by Crippen LogP contribution is -2.22. The van der Waals surface area contributed by atoms with Gasteiger partial charge in [0.05, 0.1) is 23.5 Å². The highest BCUT2D eigenvalue weighted by Crippen LogP contribution is 2.19. The standard InChI is InChI=1S/C18H14Cl2N4O2S/c1-27-18-21-8-14(20)16(23-18)17(26)22-12-6-7-15(25)24(10-12)9-11-4-2-3-5-13(11)19/h2-8,10H,9H2,1H3,(H,22,26). The van der Waals surface area contributed by atoms with Crippen molar-refractivity contribution in [3.8, 4) is 0 Å². The van der Waals surface area contributed by atoms with Crippen LogP contribution in [-0.2, 0) is 6.54 Å². The lowest BCUT2D eigenvalue weighted by molar-refractivity contribution is 0.102. The molecule has 1 N–H and O–H groups in total. The molecule has 0 fully saturated rings. The van der Waals surface area contributed by atoms with E-state index in [0.717, 1.165) is 5.56 Å². The van der Waals surface area contributed by atoms with Crippen LogP contribution in [0.3, 0.4) is 0 Å². The van der Waals surface area contributed by atoms with E-state index >= 15 is 0 Å². The number of hydrogen-bond acceptors (Lipinski definition) is 5. The third-order valence-corrected chi connectivity index (χ3v) is 4.87. The second kappa shape index (κ2) is 8.56. The predicted octanol–water partition coefficient (Wildman–Crippen LogP) is 3.97. The van der Waals surface area contributed by atoms with Crippen LogP contribution in [0.5, 0.6) is 0 Å². The largest absolute Gasteiger partial charge is 0.319 e. The molecule has 0 unspecified atom stereocenters. The SMILES string of the molecule is CSc1ncc(Cl)c(C(=O)Nc2ccc(=O)n(Cc3ccccc3Cl)c2)n1. The van der Waals surface area contributed by atoms with Crippen molar-refractivity contribution in [3.63, 3.8) is 0 Å². The molecule has 0 spiro atoms. The van der Waals surface area contributed by atoms with E-state index in [-0.39, 0.29) is 22.8 Å². The molecule has 9 heteroatoms. The van der Waals surface area contributed by atoms with Crippen LogP contribution in [0.25, 0.3) is 0 Å². The van der Waals surface area contributed by atoms with Gasteiger partial charge in [0.15, 0.2) is 10.9 Å². The molecule has 6 nitrogen and oxygen atoms in total. The van der Waals surface area contributed by atoms with Crippen LogP contribution < -0.4 is 10.9 Å². The fourth-order valence-corrected chi connectivity index (χ4v) is 3.05. The van der Waals surface area contributed by atoms with Crippen molar-refractivity contribution in [2.75, 3.05) is 11.6 Å². The molecule has 3 rings (SSSR count). The molecule has 0 aliphatic carbocycles. The molecule has 0 saturated carbocycles. The second-order valence-corrected chi connectivity index (χ2v) is 7.07. The summed E-state index contributed by atoms with van der Waals surface area (Å²) >= 11 is 13.5. The first kappa shape index (κ1) is 19.4. The molecular weight excluding hydrogens is 407 g/mol. The van der Waals surface area contributed by atoms with Gasteiger partial charge in [0, 0.05) is 17.3 Å². The molecule has 0 aliphatic rings. The van der Waals surface area contributed by atoms with Gasteiger partial charge in [-0.1, -0.05) is 53.2 Å². The second-order valence-electron chi connectivity index (χ2n) is 5.48. The summed E-state index contributed by atoms with van der Waals surface area (Å²) in [6, 6.07) is 10.2. The lowest BCUT2D eigenvalue weighted by atomic mass is 10.2. The number of anilines is 1. The first-order chi connectivity index (χ1) is 13.0. The average molecular weight is 421 g/mol. The van der Waals surface area contributed by atoms with Crippen molar-refractivity contribution in [1.82, 2.24) is 14.5 Å². The Balaban J connectivity index is 1.85. The van der Waals surface area contributed by atoms with E-state index in [9.17, 15) is 9.59 Å². The number of amides is 1. The summed E-state index contributed by atoms with van der Waals surface area (Å²) in [7, 11) is 0. The molecule has 2 aromatic heterocycles. The van der Waals surface area contributed by atoms with E-state index in [0.29, 0.717) is 15.9 Å². The van der Waals surface area contributed by atoms with E-state index in [1.54, 1.807) is 18.5 Å². The zero-order valence-electron chi connectivity index (χ0n) is 14.1. The number of carbonyl (C=O) groups is 1. The Morgan fingerprint density at radius 3 is 2.70 bits per heavy atom. The molecule has 0 radical (unpaired) electrons. The number of thioether (sulfide) groups is 1. The number of rotatable bonds is 5. The summed E-state index contributed by atoms with van der Waals surface area (Å²) in [4.78, 5) is 32.8. The van der Waals surface area contributed by atoms with Gasteiger partial charge in [-0.25, -0.2) is 9.97 Å². The van der Waals surface area contributed by atoms with E-state index in [4.69, 9.17) is 23.2 Å². The number of carbonyl (C=O) groups excluding carboxylic acids is 1. The Morgan fingerprint density at radius 1 is 1.19 bits per heavy atom. The number of pyridine rings is 1. The molecule has 1 aromatic carbocycles. The van der Waals surface area contributed by atoms with Gasteiger partial charge in [0.1, 0.15) is 0 Å². The number of aromatic nitrogens is 3. The van der Waals surface area contributed by atoms with Gasteiger partial charge >= 0.3 is 0 Å². The molecule has 3 aromatic rings. The fourth-order valence-electron chi connectivity index (χ4n) is 2.34. The maximum absolute atomic E-state index is 12.5. The zero-order valence-corrected chi connectivity index (χ0v) is 16.5. The molecule has 0 bridgehead atoms. The summed E-state index contributed by atoms with van der Waals surface area (Å²) < 4.78 is 1.46. The summed E-state index contributed by atoms with van der Waals surface area (Å²) in [5.41, 5.74) is 1.10. The third kappa shape index (κ3) is 4.68. The molecular formula is C18H14Cl2N4O2S. The Hall–Kier alpha value is -2.35. The highest BCUT2D eigenvalue weighted by Gasteiger charge is 2.15. The van der Waals surface area contributed by atoms with Crippen molar-refractivity contribution >= 4 is 46.6 Å². The normalized spacial score (nSPS) is 10.6. The number of nitrogens with zero attached hydrogens (tertiary/aromatic N) is 3. The van der Waals surface area contributed by atoms with Crippen molar-refractivity contribution in [2.24, 2.45) is 0 Å². The topological polar surface area (TPSA) is 76.9 Å². The zero-order chi connectivity index (χ0) is 19.4. The first-order valence-corrected chi connectivity index (χ1v) is 9.78. The first-order valence-electron chi connectivity index (χ1n) is 7.79. The van der Waals surface area contributed by atoms with E-state index in [2.05, 4.69) is 15.3 Å². The van der Waals surface area contributed by atoms with Gasteiger partial charge < -0.3 is 9.88 Å². The maximum Gasteiger partial charge on any atom is 0.276 e. The van der Waals surface area contributed by atoms with Crippen molar-refractivity contribution in [1.29, 1.82) is 0 Å². The van der Waals surface area contributed by atoms with Crippen LogP contribution in [-0.4, -0.2) is 26.7 Å². The van der Waals surface area contributed by atoms with E-state index in [1.807, 2.05) is 18.2 Å². The molecule has 0 atom stereocenters. The Bertz CT molecular complexity index is 1060. The van der Waals surface area contributed by atoms with Crippen LogP contribution in [0.4, 0.5) is 5.69 Å². The minimum Gasteiger partial charge on any atom is -0.319 e. The van der Waals surface area contributed by atoms with Crippen LogP contribution in [0.2, 0.25) is 10.0 Å². The van der Waals surface area contributed by atoms with Crippen LogP contribution in [0.15, 0.2) is 58.7 Å². The molecule has 27 heavy (non-hydrogen) atoms. The maximum atomic E-state index is 12.5. The fraction of sp³-hybridized carbons (Fsp3) is 0.111. The van der Waals surface area contributed by atoms with E-state index < -0.39 is 5.91 Å². The van der Waals surface area contributed by atoms with Crippen molar-refractivity contribution in [3.05, 3.63) is 80.4 Å². The summed E-state index contributed by atoms with van der Waals surface area (Å²) in [6.07, 6.45) is 4.73. The molecule has 2 heterocycles. The summed E-state index contributed by atoms with van der Waals surface area (Å²) in [5, 5.41) is 3.85. The molecule has 138 valence electrons. The number of hydrogen-bond donors (Lipinski definition) is 1. The smallest absolute Gasteiger partial charge is 0.276 e. The Morgan fingerprint density at radius 2 is 1.96 bits per heavy atom. The van der Waals surface area contributed by atoms with E-state index in [1.165, 1.54) is 34.7 Å². The highest BCUT2D eigenvalue weighted by atomic mass is 35.5. The predicted molar refractivity (Wildman–Crippen MR) is 108 cm³/mol.